The first-order valence-electron chi connectivity index (χ1n) is 6.84. The van der Waals surface area contributed by atoms with Crippen molar-refractivity contribution in [3.05, 3.63) is 30.2 Å². The summed E-state index contributed by atoms with van der Waals surface area (Å²) < 4.78 is 10.6. The molecule has 1 radical (unpaired) electrons. The molecule has 0 amide bonds. The van der Waals surface area contributed by atoms with E-state index >= 15 is 0 Å². The number of hydrogen-bond donors (Lipinski definition) is 0. The third-order valence-electron chi connectivity index (χ3n) is 3.11. The Morgan fingerprint density at radius 2 is 1.89 bits per heavy atom. The Morgan fingerprint density at radius 1 is 1.06 bits per heavy atom. The van der Waals surface area contributed by atoms with Crippen LogP contribution in [0.2, 0.25) is 0 Å². The Balaban J connectivity index is 2.39. The minimum atomic E-state index is 0.894. The first-order valence-corrected chi connectivity index (χ1v) is 6.84. The van der Waals surface area contributed by atoms with Gasteiger partial charge in [0.15, 0.2) is 0 Å². The molecular formula is C16H25O2. The molecule has 0 spiro atoms. The van der Waals surface area contributed by atoms with Crippen molar-refractivity contribution >= 4 is 0 Å². The molecule has 0 N–H and O–H groups in total. The molecule has 18 heavy (non-hydrogen) atoms. The molecule has 1 aromatic carbocycles. The highest BCUT2D eigenvalue weighted by Gasteiger charge is 2.04. The molecule has 2 nitrogen and oxygen atoms in total. The van der Waals surface area contributed by atoms with Crippen molar-refractivity contribution in [1.82, 2.24) is 0 Å². The van der Waals surface area contributed by atoms with E-state index in [-0.39, 0.29) is 0 Å². The maximum Gasteiger partial charge on any atom is 0.122 e. The molecular weight excluding hydrogens is 224 g/mol. The predicted octanol–water partition coefficient (Wildman–Crippen LogP) is 4.42. The third-order valence-corrected chi connectivity index (χ3v) is 3.11. The van der Waals surface area contributed by atoms with E-state index in [9.17, 15) is 0 Å². The number of rotatable bonds is 9. The van der Waals surface area contributed by atoms with E-state index in [1.54, 1.807) is 14.2 Å². The van der Waals surface area contributed by atoms with Crippen molar-refractivity contribution in [2.45, 2.75) is 45.4 Å². The van der Waals surface area contributed by atoms with Crippen molar-refractivity contribution in [2.75, 3.05) is 14.2 Å². The van der Waals surface area contributed by atoms with Gasteiger partial charge in [-0.1, -0.05) is 32.6 Å². The molecule has 0 heterocycles. The van der Waals surface area contributed by atoms with Gasteiger partial charge in [0.1, 0.15) is 11.5 Å². The van der Waals surface area contributed by atoms with E-state index in [1.165, 1.54) is 37.7 Å². The Labute approximate surface area is 111 Å². The molecule has 0 saturated heterocycles. The zero-order chi connectivity index (χ0) is 13.2. The van der Waals surface area contributed by atoms with Crippen LogP contribution >= 0.6 is 0 Å². The molecule has 0 aliphatic carbocycles. The highest BCUT2D eigenvalue weighted by atomic mass is 16.5. The van der Waals surface area contributed by atoms with Crippen LogP contribution in [0.1, 0.15) is 44.6 Å². The summed E-state index contributed by atoms with van der Waals surface area (Å²) in [4.78, 5) is 0. The van der Waals surface area contributed by atoms with Gasteiger partial charge in [-0.15, -0.1) is 0 Å². The number of benzene rings is 1. The van der Waals surface area contributed by atoms with Crippen LogP contribution in [0, 0.1) is 6.42 Å². The average molecular weight is 249 g/mol. The van der Waals surface area contributed by atoms with E-state index in [1.807, 2.05) is 12.1 Å². The second-order valence-electron chi connectivity index (χ2n) is 4.52. The van der Waals surface area contributed by atoms with Gasteiger partial charge in [0.25, 0.3) is 0 Å². The fourth-order valence-corrected chi connectivity index (χ4v) is 2.01. The van der Waals surface area contributed by atoms with Crippen LogP contribution in [0.5, 0.6) is 11.5 Å². The second-order valence-corrected chi connectivity index (χ2v) is 4.52. The molecule has 0 unspecified atom stereocenters. The Bertz CT molecular complexity index is 334. The lowest BCUT2D eigenvalue weighted by atomic mass is 10.0. The lowest BCUT2D eigenvalue weighted by Gasteiger charge is -2.10. The molecule has 0 aliphatic heterocycles. The highest BCUT2D eigenvalue weighted by molar-refractivity contribution is 5.40. The van der Waals surface area contributed by atoms with Crippen LogP contribution in [-0.4, -0.2) is 14.2 Å². The van der Waals surface area contributed by atoms with E-state index in [0.29, 0.717) is 0 Å². The number of methoxy groups -OCH3 is 2. The summed E-state index contributed by atoms with van der Waals surface area (Å²) >= 11 is 0. The van der Waals surface area contributed by atoms with Gasteiger partial charge in [-0.2, -0.15) is 0 Å². The summed E-state index contributed by atoms with van der Waals surface area (Å²) in [5.41, 5.74) is 1.20. The zero-order valence-corrected chi connectivity index (χ0v) is 11.9. The van der Waals surface area contributed by atoms with Crippen LogP contribution in [0.25, 0.3) is 0 Å². The molecule has 0 atom stereocenters. The summed E-state index contributed by atoms with van der Waals surface area (Å²) in [6, 6.07) is 5.96. The van der Waals surface area contributed by atoms with E-state index in [2.05, 4.69) is 19.4 Å². The van der Waals surface area contributed by atoms with E-state index < -0.39 is 0 Å². The second kappa shape index (κ2) is 8.84. The van der Waals surface area contributed by atoms with Crippen molar-refractivity contribution in [2.24, 2.45) is 0 Å². The molecule has 101 valence electrons. The topological polar surface area (TPSA) is 18.5 Å². The fraction of sp³-hybridized carbons (Fsp3) is 0.562. The molecule has 0 bridgehead atoms. The highest BCUT2D eigenvalue weighted by Crippen LogP contribution is 2.25. The van der Waals surface area contributed by atoms with Crippen LogP contribution < -0.4 is 9.47 Å². The summed E-state index contributed by atoms with van der Waals surface area (Å²) in [6.45, 7) is 2.24. The van der Waals surface area contributed by atoms with Crippen molar-refractivity contribution in [3.63, 3.8) is 0 Å². The summed E-state index contributed by atoms with van der Waals surface area (Å²) in [5, 5.41) is 0. The average Bonchev–Trinajstić information content (AvgIpc) is 2.42. The number of hydrogen-bond acceptors (Lipinski definition) is 2. The Hall–Kier alpha value is -1.18. The quantitative estimate of drug-likeness (QED) is 0.603. The largest absolute Gasteiger partial charge is 0.497 e. The Kier molecular flexibility index (Phi) is 7.31. The minimum Gasteiger partial charge on any atom is -0.497 e. The summed E-state index contributed by atoms with van der Waals surface area (Å²) in [5.74, 6) is 1.84. The molecule has 0 saturated carbocycles. The standard InChI is InChI=1S/C16H25O2/c1-4-5-6-7-8-9-10-14-13-15(17-2)11-12-16(14)18-3/h9,11-13H,4-8,10H2,1-3H3. The van der Waals surface area contributed by atoms with Crippen LogP contribution in [0.15, 0.2) is 18.2 Å². The molecule has 2 heteroatoms. The van der Waals surface area contributed by atoms with Crippen LogP contribution in [0.4, 0.5) is 0 Å². The van der Waals surface area contributed by atoms with Crippen LogP contribution in [-0.2, 0) is 6.42 Å². The molecule has 0 aliphatic rings. The molecule has 0 fully saturated rings. The fourth-order valence-electron chi connectivity index (χ4n) is 2.01. The minimum absolute atomic E-state index is 0.894. The van der Waals surface area contributed by atoms with Gasteiger partial charge in [-0.3, -0.25) is 0 Å². The van der Waals surface area contributed by atoms with E-state index in [4.69, 9.17) is 9.47 Å². The van der Waals surface area contributed by atoms with Crippen molar-refractivity contribution < 1.29 is 9.47 Å². The zero-order valence-electron chi connectivity index (χ0n) is 11.9. The third kappa shape index (κ3) is 4.99. The monoisotopic (exact) mass is 249 g/mol. The smallest absolute Gasteiger partial charge is 0.122 e. The van der Waals surface area contributed by atoms with Gasteiger partial charge in [0.2, 0.25) is 0 Å². The van der Waals surface area contributed by atoms with Crippen molar-refractivity contribution in [3.8, 4) is 11.5 Å². The van der Waals surface area contributed by atoms with E-state index in [0.717, 1.165) is 17.9 Å². The first kappa shape index (κ1) is 14.9. The van der Waals surface area contributed by atoms with Gasteiger partial charge < -0.3 is 9.47 Å². The molecule has 1 rings (SSSR count). The normalized spacial score (nSPS) is 10.4. The van der Waals surface area contributed by atoms with Gasteiger partial charge in [-0.05, 0) is 43.0 Å². The summed E-state index contributed by atoms with van der Waals surface area (Å²) in [6.07, 6.45) is 9.74. The van der Waals surface area contributed by atoms with Crippen LogP contribution in [0.3, 0.4) is 0 Å². The molecule has 0 aromatic heterocycles. The molecule has 1 aromatic rings. The van der Waals surface area contributed by atoms with Gasteiger partial charge in [0.05, 0.1) is 14.2 Å². The SMILES string of the molecule is CCCCCC[CH]Cc1cc(OC)ccc1OC. The van der Waals surface area contributed by atoms with Crippen molar-refractivity contribution in [1.29, 1.82) is 0 Å². The first-order chi connectivity index (χ1) is 8.81. The van der Waals surface area contributed by atoms with Gasteiger partial charge in [-0.25, -0.2) is 0 Å². The lowest BCUT2D eigenvalue weighted by molar-refractivity contribution is 0.399. The Morgan fingerprint density at radius 3 is 2.56 bits per heavy atom. The maximum absolute atomic E-state index is 5.36. The number of ether oxygens (including phenoxy) is 2. The predicted molar refractivity (Wildman–Crippen MR) is 76.3 cm³/mol. The summed E-state index contributed by atoms with van der Waals surface area (Å²) in [7, 11) is 3.41. The number of unbranched alkanes of at least 4 members (excludes halogenated alkanes) is 5. The maximum atomic E-state index is 5.36. The van der Waals surface area contributed by atoms with Gasteiger partial charge in [0, 0.05) is 0 Å². The van der Waals surface area contributed by atoms with Gasteiger partial charge >= 0.3 is 0 Å². The lowest BCUT2D eigenvalue weighted by Crippen LogP contribution is -1.95.